The second kappa shape index (κ2) is 4.34. The predicted octanol–water partition coefficient (Wildman–Crippen LogP) is -7.42. The van der Waals surface area contributed by atoms with Gasteiger partial charge in [-0.15, -0.1) is 4.28 Å². The molecule has 100 valence electrons. The van der Waals surface area contributed by atoms with Crippen molar-refractivity contribution in [3.05, 3.63) is 0 Å². The zero-order valence-corrected chi connectivity index (χ0v) is 12.9. The molecular weight excluding hydrogens is 265 g/mol. The van der Waals surface area contributed by atoms with Crippen LogP contribution in [-0.4, -0.2) is 82.6 Å². The van der Waals surface area contributed by atoms with Crippen LogP contribution in [0.2, 0.25) is 10.2 Å². The van der Waals surface area contributed by atoms with Crippen molar-refractivity contribution in [2.45, 2.75) is 21.8 Å². The standard InChI is InChI=1S/C5H16B6N2O5S/c6-4(7,8)3(5(9,10)11)1(12)2(14)13(3)18-19(15,16)17/h1H,6-12H2,(H,15,16,17)/t1-/m1/s1. The first-order valence-corrected chi connectivity index (χ1v) is 7.29. The topological polar surface area (TPSA) is 110 Å². The molecule has 0 aromatic carbocycles. The van der Waals surface area contributed by atoms with Gasteiger partial charge in [-0.3, -0.25) is 9.35 Å². The van der Waals surface area contributed by atoms with Crippen molar-refractivity contribution in [2.75, 3.05) is 0 Å². The molecule has 0 saturated carbocycles. The van der Waals surface area contributed by atoms with Gasteiger partial charge in [0.2, 0.25) is 0 Å². The summed E-state index contributed by atoms with van der Waals surface area (Å²) in [6.45, 7) is 0. The first-order chi connectivity index (χ1) is 8.16. The predicted molar refractivity (Wildman–Crippen MR) is 86.8 cm³/mol. The minimum Gasteiger partial charge on any atom is -0.318 e. The molecule has 1 amide bonds. The maximum absolute atomic E-state index is 11.8. The zero-order valence-electron chi connectivity index (χ0n) is 12.1. The van der Waals surface area contributed by atoms with Gasteiger partial charge in [0.1, 0.15) is 6.04 Å². The monoisotopic (exact) mass is 282 g/mol. The molecule has 1 rings (SSSR count). The summed E-state index contributed by atoms with van der Waals surface area (Å²) in [6.07, 6.45) is 0. The molecule has 1 aliphatic rings. The van der Waals surface area contributed by atoms with E-state index in [2.05, 4.69) is 4.28 Å². The minimum atomic E-state index is -4.78. The Balaban J connectivity index is 3.41. The lowest BCUT2D eigenvalue weighted by Gasteiger charge is -2.67. The first-order valence-electron chi connectivity index (χ1n) is 5.93. The van der Waals surface area contributed by atoms with Crippen molar-refractivity contribution in [3.8, 4) is 0 Å². The second-order valence-corrected chi connectivity index (χ2v) is 7.88. The van der Waals surface area contributed by atoms with Gasteiger partial charge < -0.3 is 5.73 Å². The molecule has 1 atom stereocenters. The lowest BCUT2D eigenvalue weighted by molar-refractivity contribution is -0.222. The van der Waals surface area contributed by atoms with Crippen LogP contribution in [0.3, 0.4) is 0 Å². The molecule has 1 aliphatic heterocycles. The van der Waals surface area contributed by atoms with Crippen molar-refractivity contribution in [1.29, 1.82) is 0 Å². The summed E-state index contributed by atoms with van der Waals surface area (Å²) in [5.41, 5.74) is 4.89. The van der Waals surface area contributed by atoms with E-state index < -0.39 is 38.1 Å². The van der Waals surface area contributed by atoms with Crippen LogP contribution in [0.15, 0.2) is 0 Å². The molecule has 1 saturated heterocycles. The summed E-state index contributed by atoms with van der Waals surface area (Å²) in [6, 6.07) is -0.894. The third-order valence-electron chi connectivity index (χ3n) is 3.69. The maximum atomic E-state index is 11.8. The van der Waals surface area contributed by atoms with Crippen molar-refractivity contribution in [3.63, 3.8) is 0 Å². The maximum Gasteiger partial charge on any atom is 0.418 e. The molecule has 1 heterocycles. The van der Waals surface area contributed by atoms with E-state index in [0.29, 0.717) is 5.06 Å². The van der Waals surface area contributed by atoms with Crippen LogP contribution in [0.4, 0.5) is 0 Å². The third kappa shape index (κ3) is 2.39. The summed E-state index contributed by atoms with van der Waals surface area (Å²) < 4.78 is 35.1. The van der Waals surface area contributed by atoms with Crippen LogP contribution in [-0.2, 0) is 19.5 Å². The van der Waals surface area contributed by atoms with Gasteiger partial charge in [-0.25, -0.2) is 0 Å². The number of carbonyl (C=O) groups is 1. The fourth-order valence-electron chi connectivity index (χ4n) is 3.40. The average Bonchev–Trinajstić information content (AvgIpc) is 2.10. The van der Waals surface area contributed by atoms with Crippen LogP contribution in [0, 0.1) is 0 Å². The Morgan fingerprint density at radius 3 is 1.84 bits per heavy atom. The highest BCUT2D eigenvalue weighted by Gasteiger charge is 2.70. The van der Waals surface area contributed by atoms with E-state index in [-0.39, 0.29) is 0 Å². The van der Waals surface area contributed by atoms with Gasteiger partial charge in [-0.1, -0.05) is 10.2 Å². The van der Waals surface area contributed by atoms with Crippen molar-refractivity contribution in [1.82, 2.24) is 5.06 Å². The summed E-state index contributed by atoms with van der Waals surface area (Å²) in [7, 11) is 6.25. The number of β-lactam (4-membered cyclic amide) rings is 1. The molecule has 0 aromatic heterocycles. The van der Waals surface area contributed by atoms with E-state index in [1.54, 1.807) is 0 Å². The molecule has 0 aromatic rings. The van der Waals surface area contributed by atoms with Gasteiger partial charge in [-0.05, 0) is 0 Å². The third-order valence-corrected chi connectivity index (χ3v) is 4.03. The number of hydroxylamine groups is 2. The largest absolute Gasteiger partial charge is 0.418 e. The van der Waals surface area contributed by atoms with Crippen molar-refractivity contribution >= 4 is 63.4 Å². The van der Waals surface area contributed by atoms with Crippen LogP contribution in [0.5, 0.6) is 0 Å². The SMILES string of the molecule is BC(B)(B)C1(C(B)(B)B)[C@H](N)C(=O)N1OS(=O)(=O)O. The van der Waals surface area contributed by atoms with E-state index in [1.165, 1.54) is 0 Å². The first kappa shape index (κ1) is 16.7. The molecule has 0 unspecified atom stereocenters. The number of hydrogen-bond acceptors (Lipinski definition) is 5. The lowest BCUT2D eigenvalue weighted by Crippen LogP contribution is -2.85. The van der Waals surface area contributed by atoms with Gasteiger partial charge in [-0.2, -0.15) is 13.5 Å². The lowest BCUT2D eigenvalue weighted by atomic mass is 9.19. The molecule has 3 N–H and O–H groups in total. The number of nitrogens with two attached hydrogens (primary N) is 1. The Bertz CT molecular complexity index is 483. The van der Waals surface area contributed by atoms with Gasteiger partial charge >= 0.3 is 10.4 Å². The molecule has 0 spiro atoms. The van der Waals surface area contributed by atoms with Crippen LogP contribution >= 0.6 is 0 Å². The van der Waals surface area contributed by atoms with Gasteiger partial charge in [0.15, 0.2) is 0 Å². The molecule has 1 fully saturated rings. The van der Waals surface area contributed by atoms with E-state index in [0.717, 1.165) is 0 Å². The summed E-state index contributed by atoms with van der Waals surface area (Å²) in [5.74, 6) is -0.664. The number of nitrogens with zero attached hydrogens (tertiary/aromatic N) is 1. The van der Waals surface area contributed by atoms with Crippen LogP contribution in [0.1, 0.15) is 0 Å². The van der Waals surface area contributed by atoms with E-state index in [4.69, 9.17) is 10.3 Å². The zero-order chi connectivity index (χ0) is 15.4. The van der Waals surface area contributed by atoms with Crippen LogP contribution in [0.25, 0.3) is 0 Å². The number of carbonyl (C=O) groups excluding carboxylic acids is 1. The van der Waals surface area contributed by atoms with Gasteiger partial charge in [0.05, 0.1) is 52.6 Å². The molecule has 7 nitrogen and oxygen atoms in total. The number of hydrogen-bond donors (Lipinski definition) is 2. The smallest absolute Gasteiger partial charge is 0.318 e. The molecule has 0 aliphatic carbocycles. The summed E-state index contributed by atoms with van der Waals surface area (Å²) in [4.78, 5) is 11.8. The number of amides is 1. The minimum absolute atomic E-state index is 0.552. The number of rotatable bonds is 4. The fraction of sp³-hybridized carbons (Fsp3) is 0.800. The average molecular weight is 281 g/mol. The molecule has 19 heavy (non-hydrogen) atoms. The molecule has 0 bridgehead atoms. The normalized spacial score (nSPS) is 24.0. The van der Waals surface area contributed by atoms with Crippen LogP contribution < -0.4 is 5.73 Å². The van der Waals surface area contributed by atoms with E-state index in [9.17, 15) is 13.2 Å². The van der Waals surface area contributed by atoms with Gasteiger partial charge in [0.25, 0.3) is 5.91 Å². The fourth-order valence-corrected chi connectivity index (χ4v) is 3.78. The Labute approximate surface area is 118 Å². The summed E-state index contributed by atoms with van der Waals surface area (Å²) >= 11 is 0. The van der Waals surface area contributed by atoms with Gasteiger partial charge in [0, 0.05) is 0 Å². The second-order valence-electron chi connectivity index (χ2n) is 6.88. The highest BCUT2D eigenvalue weighted by Crippen LogP contribution is 2.55. The highest BCUT2D eigenvalue weighted by atomic mass is 32.3. The Morgan fingerprint density at radius 2 is 1.58 bits per heavy atom. The Hall–Kier alpha value is -0.310. The molecule has 14 heteroatoms. The van der Waals surface area contributed by atoms with Crippen molar-refractivity contribution in [2.24, 2.45) is 5.73 Å². The summed E-state index contributed by atoms with van der Waals surface area (Å²) in [5, 5.41) is -0.403. The Morgan fingerprint density at radius 1 is 1.21 bits per heavy atom. The van der Waals surface area contributed by atoms with Crippen molar-refractivity contribution < 1.29 is 22.0 Å². The quantitative estimate of drug-likeness (QED) is 0.301. The van der Waals surface area contributed by atoms with E-state index in [1.807, 2.05) is 47.1 Å². The molecule has 0 radical (unpaired) electrons. The Kier molecular flexibility index (Phi) is 3.83. The van der Waals surface area contributed by atoms with E-state index >= 15 is 0 Å². The highest BCUT2D eigenvalue weighted by molar-refractivity contribution is 7.80. The molecular formula is C5H16B6N2O5S.